The number of nitrogens with zero attached hydrogens (tertiary/aromatic N) is 2. The van der Waals surface area contributed by atoms with Crippen LogP contribution in [0.1, 0.15) is 13.3 Å². The number of nitrogens with two attached hydrogens (primary N) is 1. The van der Waals surface area contributed by atoms with Crippen molar-refractivity contribution >= 4 is 11.6 Å². The molecule has 1 aromatic rings. The third-order valence-corrected chi connectivity index (χ3v) is 3.02. The first-order valence-electron chi connectivity index (χ1n) is 5.80. The summed E-state index contributed by atoms with van der Waals surface area (Å²) in [5, 5.41) is 7.42. The van der Waals surface area contributed by atoms with E-state index in [1.165, 1.54) is 4.68 Å². The number of carbonyl (C=O) groups excluding carboxylic acids is 1. The van der Waals surface area contributed by atoms with Gasteiger partial charge in [-0.05, 0) is 13.3 Å². The first-order chi connectivity index (χ1) is 8.15. The van der Waals surface area contributed by atoms with E-state index in [0.717, 1.165) is 25.3 Å². The minimum atomic E-state index is -0.392. The average molecular weight is 238 g/mol. The van der Waals surface area contributed by atoms with Gasteiger partial charge in [0, 0.05) is 24.8 Å². The van der Waals surface area contributed by atoms with E-state index in [1.807, 2.05) is 0 Å². The zero-order valence-corrected chi connectivity index (χ0v) is 9.93. The summed E-state index contributed by atoms with van der Waals surface area (Å²) in [6.45, 7) is 3.90. The second kappa shape index (κ2) is 5.18. The molecule has 6 heteroatoms. The predicted octanol–water partition coefficient (Wildman–Crippen LogP) is 0.205. The molecule has 0 saturated carbocycles. The van der Waals surface area contributed by atoms with Gasteiger partial charge in [0.25, 0.3) is 0 Å². The molecule has 1 aromatic heterocycles. The number of rotatable bonds is 5. The molecule has 1 amide bonds. The fraction of sp³-hybridized carbons (Fsp3) is 0.636. The molecular weight excluding hydrogens is 220 g/mol. The molecule has 2 unspecified atom stereocenters. The molecule has 0 bridgehead atoms. The van der Waals surface area contributed by atoms with E-state index in [9.17, 15) is 4.79 Å². The van der Waals surface area contributed by atoms with Crippen molar-refractivity contribution in [3.63, 3.8) is 0 Å². The lowest BCUT2D eigenvalue weighted by Gasteiger charge is -2.19. The lowest BCUT2D eigenvalue weighted by atomic mass is 10.0. The SMILES string of the molecule is CC(Nc1cnn(CC(N)=O)c1)C1CCOC1. The Morgan fingerprint density at radius 2 is 2.65 bits per heavy atom. The zero-order valence-electron chi connectivity index (χ0n) is 9.93. The van der Waals surface area contributed by atoms with E-state index >= 15 is 0 Å². The van der Waals surface area contributed by atoms with Crippen LogP contribution < -0.4 is 11.1 Å². The molecule has 0 radical (unpaired) electrons. The fourth-order valence-corrected chi connectivity index (χ4v) is 2.01. The summed E-state index contributed by atoms with van der Waals surface area (Å²) in [4.78, 5) is 10.7. The first-order valence-corrected chi connectivity index (χ1v) is 5.80. The van der Waals surface area contributed by atoms with Gasteiger partial charge in [-0.3, -0.25) is 9.48 Å². The van der Waals surface area contributed by atoms with Crippen LogP contribution >= 0.6 is 0 Å². The quantitative estimate of drug-likeness (QED) is 0.768. The van der Waals surface area contributed by atoms with Gasteiger partial charge in [0.05, 0.1) is 18.5 Å². The van der Waals surface area contributed by atoms with Crippen LogP contribution in [0.3, 0.4) is 0 Å². The number of hydrogen-bond acceptors (Lipinski definition) is 4. The highest BCUT2D eigenvalue weighted by Gasteiger charge is 2.22. The second-order valence-electron chi connectivity index (χ2n) is 4.45. The van der Waals surface area contributed by atoms with E-state index < -0.39 is 5.91 Å². The van der Waals surface area contributed by atoms with Crippen LogP contribution in [0.5, 0.6) is 0 Å². The molecule has 0 aliphatic carbocycles. The molecule has 2 heterocycles. The number of primary amides is 1. The van der Waals surface area contributed by atoms with Crippen molar-refractivity contribution in [2.45, 2.75) is 25.9 Å². The van der Waals surface area contributed by atoms with Crippen LogP contribution in [0.4, 0.5) is 5.69 Å². The molecule has 1 aliphatic heterocycles. The van der Waals surface area contributed by atoms with Gasteiger partial charge in [0.15, 0.2) is 0 Å². The third kappa shape index (κ3) is 3.20. The number of amides is 1. The van der Waals surface area contributed by atoms with Gasteiger partial charge < -0.3 is 15.8 Å². The Hall–Kier alpha value is -1.56. The van der Waals surface area contributed by atoms with Crippen LogP contribution in [-0.4, -0.2) is 34.9 Å². The van der Waals surface area contributed by atoms with Gasteiger partial charge >= 0.3 is 0 Å². The number of hydrogen-bond donors (Lipinski definition) is 2. The maximum absolute atomic E-state index is 10.7. The molecule has 3 N–H and O–H groups in total. The summed E-state index contributed by atoms with van der Waals surface area (Å²) in [5.74, 6) is 0.145. The Balaban J connectivity index is 1.89. The Labute approximate surface area is 100 Å². The summed E-state index contributed by atoms with van der Waals surface area (Å²) in [6.07, 6.45) is 4.58. The highest BCUT2D eigenvalue weighted by molar-refractivity contribution is 5.73. The molecule has 94 valence electrons. The minimum absolute atomic E-state index is 0.114. The lowest BCUT2D eigenvalue weighted by molar-refractivity contribution is -0.118. The maximum atomic E-state index is 10.7. The lowest BCUT2D eigenvalue weighted by Crippen LogP contribution is -2.25. The van der Waals surface area contributed by atoms with Crippen molar-refractivity contribution in [1.82, 2.24) is 9.78 Å². The van der Waals surface area contributed by atoms with Gasteiger partial charge in [-0.25, -0.2) is 0 Å². The highest BCUT2D eigenvalue weighted by Crippen LogP contribution is 2.19. The molecule has 1 aliphatic rings. The highest BCUT2D eigenvalue weighted by atomic mass is 16.5. The first kappa shape index (κ1) is 11.9. The largest absolute Gasteiger partial charge is 0.381 e. The van der Waals surface area contributed by atoms with E-state index in [1.54, 1.807) is 12.4 Å². The molecule has 1 fully saturated rings. The van der Waals surface area contributed by atoms with Crippen molar-refractivity contribution in [1.29, 1.82) is 0 Å². The van der Waals surface area contributed by atoms with E-state index in [2.05, 4.69) is 17.3 Å². The van der Waals surface area contributed by atoms with Crippen LogP contribution in [0.25, 0.3) is 0 Å². The van der Waals surface area contributed by atoms with Crippen LogP contribution in [0.15, 0.2) is 12.4 Å². The molecule has 2 atom stereocenters. The molecule has 0 aromatic carbocycles. The van der Waals surface area contributed by atoms with Crippen molar-refractivity contribution in [3.8, 4) is 0 Å². The smallest absolute Gasteiger partial charge is 0.239 e. The van der Waals surface area contributed by atoms with Gasteiger partial charge in [-0.1, -0.05) is 0 Å². The molecule has 0 spiro atoms. The second-order valence-corrected chi connectivity index (χ2v) is 4.45. The molecule has 1 saturated heterocycles. The zero-order chi connectivity index (χ0) is 12.3. The molecule has 2 rings (SSSR count). The number of aromatic nitrogens is 2. The van der Waals surface area contributed by atoms with E-state index in [4.69, 9.17) is 10.5 Å². The maximum Gasteiger partial charge on any atom is 0.239 e. The van der Waals surface area contributed by atoms with Gasteiger partial charge in [-0.2, -0.15) is 5.10 Å². The third-order valence-electron chi connectivity index (χ3n) is 3.02. The Bertz CT molecular complexity index is 385. The standard InChI is InChI=1S/C11H18N4O2/c1-8(9-2-3-17-7-9)14-10-4-13-15(5-10)6-11(12)16/h4-5,8-9,14H,2-3,6-7H2,1H3,(H2,12,16). The van der Waals surface area contributed by atoms with Gasteiger partial charge in [0.2, 0.25) is 5.91 Å². The summed E-state index contributed by atoms with van der Waals surface area (Å²) in [6, 6.07) is 0.337. The normalized spacial score (nSPS) is 21.4. The Morgan fingerprint density at radius 1 is 1.82 bits per heavy atom. The summed E-state index contributed by atoms with van der Waals surface area (Å²) in [5.41, 5.74) is 6.01. The monoisotopic (exact) mass is 238 g/mol. The van der Waals surface area contributed by atoms with Crippen molar-refractivity contribution in [2.24, 2.45) is 11.7 Å². The molecular formula is C11H18N4O2. The number of nitrogens with one attached hydrogen (secondary N) is 1. The van der Waals surface area contributed by atoms with Crippen LogP contribution in [0.2, 0.25) is 0 Å². The van der Waals surface area contributed by atoms with Crippen molar-refractivity contribution in [3.05, 3.63) is 12.4 Å². The van der Waals surface area contributed by atoms with E-state index in [-0.39, 0.29) is 6.54 Å². The summed E-state index contributed by atoms with van der Waals surface area (Å²) in [7, 11) is 0. The predicted molar refractivity (Wildman–Crippen MR) is 63.4 cm³/mol. The van der Waals surface area contributed by atoms with Crippen LogP contribution in [0, 0.1) is 5.92 Å². The number of ether oxygens (including phenoxy) is 1. The molecule has 17 heavy (non-hydrogen) atoms. The van der Waals surface area contributed by atoms with Gasteiger partial charge in [-0.15, -0.1) is 0 Å². The Morgan fingerprint density at radius 3 is 3.29 bits per heavy atom. The van der Waals surface area contributed by atoms with Crippen molar-refractivity contribution < 1.29 is 9.53 Å². The summed E-state index contributed by atoms with van der Waals surface area (Å²) < 4.78 is 6.88. The number of carbonyl (C=O) groups is 1. The van der Waals surface area contributed by atoms with Crippen LogP contribution in [-0.2, 0) is 16.1 Å². The number of anilines is 1. The van der Waals surface area contributed by atoms with Gasteiger partial charge in [0.1, 0.15) is 6.54 Å². The van der Waals surface area contributed by atoms with E-state index in [0.29, 0.717) is 12.0 Å². The Kier molecular flexibility index (Phi) is 3.63. The topological polar surface area (TPSA) is 82.2 Å². The minimum Gasteiger partial charge on any atom is -0.381 e. The van der Waals surface area contributed by atoms with Crippen molar-refractivity contribution in [2.75, 3.05) is 18.5 Å². The summed E-state index contributed by atoms with van der Waals surface area (Å²) >= 11 is 0. The molecule has 6 nitrogen and oxygen atoms in total. The average Bonchev–Trinajstić information content (AvgIpc) is 2.87. The fourth-order valence-electron chi connectivity index (χ4n) is 2.01.